The summed E-state index contributed by atoms with van der Waals surface area (Å²) in [6.07, 6.45) is 19.9. The zero-order chi connectivity index (χ0) is 21.0. The standard InChI is InChI=1S/C24H47NO3/c1-5-6-7-8-9-10-11-12-13-14-15-16-17-18-19-20-28-23(26)21-25(4)24(27)22(2)3/h22H,5-21H2,1-4H3. The van der Waals surface area contributed by atoms with Crippen molar-refractivity contribution in [3.8, 4) is 0 Å². The second-order valence-corrected chi connectivity index (χ2v) is 8.52. The lowest BCUT2D eigenvalue weighted by molar-refractivity contribution is -0.149. The third-order valence-electron chi connectivity index (χ3n) is 5.25. The van der Waals surface area contributed by atoms with Gasteiger partial charge < -0.3 is 9.64 Å². The molecular weight excluding hydrogens is 350 g/mol. The van der Waals surface area contributed by atoms with Gasteiger partial charge in [0.1, 0.15) is 6.54 Å². The van der Waals surface area contributed by atoms with Crippen molar-refractivity contribution in [2.45, 2.75) is 117 Å². The highest BCUT2D eigenvalue weighted by Crippen LogP contribution is 2.13. The van der Waals surface area contributed by atoms with Gasteiger partial charge in [-0.2, -0.15) is 0 Å². The molecule has 0 aliphatic rings. The van der Waals surface area contributed by atoms with E-state index in [9.17, 15) is 9.59 Å². The predicted octanol–water partition coefficient (Wildman–Crippen LogP) is 6.52. The Balaban J connectivity index is 3.29. The van der Waals surface area contributed by atoms with Gasteiger partial charge in [-0.15, -0.1) is 0 Å². The summed E-state index contributed by atoms with van der Waals surface area (Å²) in [6, 6.07) is 0. The van der Waals surface area contributed by atoms with E-state index in [1.165, 1.54) is 88.4 Å². The SMILES string of the molecule is CCCCCCCCCCCCCCCCCOC(=O)CN(C)C(=O)C(C)C. The summed E-state index contributed by atoms with van der Waals surface area (Å²) in [6.45, 7) is 6.46. The van der Waals surface area contributed by atoms with Crippen molar-refractivity contribution in [2.24, 2.45) is 5.92 Å². The van der Waals surface area contributed by atoms with Crippen molar-refractivity contribution in [3.05, 3.63) is 0 Å². The third kappa shape index (κ3) is 17.1. The Hall–Kier alpha value is -1.06. The quantitative estimate of drug-likeness (QED) is 0.184. The summed E-state index contributed by atoms with van der Waals surface area (Å²) < 4.78 is 5.22. The molecule has 28 heavy (non-hydrogen) atoms. The van der Waals surface area contributed by atoms with Crippen molar-refractivity contribution in [1.82, 2.24) is 4.90 Å². The Morgan fingerprint density at radius 2 is 1.11 bits per heavy atom. The molecule has 0 spiro atoms. The van der Waals surface area contributed by atoms with Crippen LogP contribution in [0.1, 0.15) is 117 Å². The maximum atomic E-state index is 11.7. The van der Waals surface area contributed by atoms with Gasteiger partial charge in [-0.05, 0) is 6.42 Å². The number of amides is 1. The van der Waals surface area contributed by atoms with E-state index in [1.807, 2.05) is 13.8 Å². The normalized spacial score (nSPS) is 11.0. The van der Waals surface area contributed by atoms with Gasteiger partial charge in [0.15, 0.2) is 0 Å². The molecule has 0 rings (SSSR count). The van der Waals surface area contributed by atoms with Crippen LogP contribution in [-0.2, 0) is 14.3 Å². The molecule has 0 radical (unpaired) electrons. The number of hydrogen-bond acceptors (Lipinski definition) is 3. The summed E-state index contributed by atoms with van der Waals surface area (Å²) >= 11 is 0. The highest BCUT2D eigenvalue weighted by molar-refractivity contribution is 5.82. The van der Waals surface area contributed by atoms with Crippen molar-refractivity contribution < 1.29 is 14.3 Å². The number of unbranched alkanes of at least 4 members (excludes halogenated alkanes) is 14. The predicted molar refractivity (Wildman–Crippen MR) is 118 cm³/mol. The highest BCUT2D eigenvalue weighted by atomic mass is 16.5. The fraction of sp³-hybridized carbons (Fsp3) is 0.917. The minimum absolute atomic E-state index is 0.0241. The summed E-state index contributed by atoms with van der Waals surface area (Å²) in [5.74, 6) is -0.417. The summed E-state index contributed by atoms with van der Waals surface area (Å²) in [4.78, 5) is 24.9. The lowest BCUT2D eigenvalue weighted by atomic mass is 10.0. The van der Waals surface area contributed by atoms with Crippen LogP contribution in [0, 0.1) is 5.92 Å². The summed E-state index contributed by atoms with van der Waals surface area (Å²) in [7, 11) is 1.65. The fourth-order valence-electron chi connectivity index (χ4n) is 3.42. The fourth-order valence-corrected chi connectivity index (χ4v) is 3.42. The highest BCUT2D eigenvalue weighted by Gasteiger charge is 2.16. The number of carbonyl (C=O) groups excluding carboxylic acids is 2. The minimum Gasteiger partial charge on any atom is -0.464 e. The molecule has 0 N–H and O–H groups in total. The Bertz CT molecular complexity index is 382. The first-order valence-corrected chi connectivity index (χ1v) is 11.9. The number of rotatable bonds is 19. The van der Waals surface area contributed by atoms with Crippen LogP contribution >= 0.6 is 0 Å². The minimum atomic E-state index is -0.304. The molecule has 0 aromatic rings. The lowest BCUT2D eigenvalue weighted by Gasteiger charge is -2.18. The molecule has 0 saturated heterocycles. The van der Waals surface area contributed by atoms with Gasteiger partial charge in [0, 0.05) is 13.0 Å². The first-order chi connectivity index (χ1) is 13.5. The van der Waals surface area contributed by atoms with E-state index in [0.29, 0.717) is 6.61 Å². The molecule has 0 heterocycles. The first-order valence-electron chi connectivity index (χ1n) is 11.9. The lowest BCUT2D eigenvalue weighted by Crippen LogP contribution is -2.35. The van der Waals surface area contributed by atoms with E-state index < -0.39 is 0 Å². The zero-order valence-corrected chi connectivity index (χ0v) is 19.3. The molecule has 0 saturated carbocycles. The second-order valence-electron chi connectivity index (χ2n) is 8.52. The number of ether oxygens (including phenoxy) is 1. The maximum absolute atomic E-state index is 11.7. The van der Waals surface area contributed by atoms with Gasteiger partial charge in [0.25, 0.3) is 0 Å². The maximum Gasteiger partial charge on any atom is 0.325 e. The zero-order valence-electron chi connectivity index (χ0n) is 19.3. The second kappa shape index (κ2) is 19.3. The Kier molecular flexibility index (Phi) is 18.5. The molecule has 0 aromatic heterocycles. The van der Waals surface area contributed by atoms with Crippen molar-refractivity contribution >= 4 is 11.9 Å². The average molecular weight is 398 g/mol. The van der Waals surface area contributed by atoms with Crippen LogP contribution in [0.2, 0.25) is 0 Å². The van der Waals surface area contributed by atoms with Gasteiger partial charge in [-0.1, -0.05) is 111 Å². The van der Waals surface area contributed by atoms with Crippen LogP contribution < -0.4 is 0 Å². The van der Waals surface area contributed by atoms with E-state index in [2.05, 4.69) is 6.92 Å². The number of carbonyl (C=O) groups is 2. The Labute approximate surface area is 174 Å². The van der Waals surface area contributed by atoms with Crippen LogP contribution in [0.15, 0.2) is 0 Å². The van der Waals surface area contributed by atoms with Gasteiger partial charge in [-0.3, -0.25) is 9.59 Å². The molecule has 4 nitrogen and oxygen atoms in total. The van der Waals surface area contributed by atoms with E-state index in [-0.39, 0.29) is 24.3 Å². The van der Waals surface area contributed by atoms with E-state index in [0.717, 1.165) is 12.8 Å². The summed E-state index contributed by atoms with van der Waals surface area (Å²) in [5.41, 5.74) is 0. The van der Waals surface area contributed by atoms with Gasteiger partial charge in [-0.25, -0.2) is 0 Å². The number of hydrogen-bond donors (Lipinski definition) is 0. The summed E-state index contributed by atoms with van der Waals surface area (Å²) in [5, 5.41) is 0. The number of likely N-dealkylation sites (N-methyl/N-ethyl adjacent to an activating group) is 1. The van der Waals surface area contributed by atoms with Crippen LogP contribution in [0.25, 0.3) is 0 Å². The monoisotopic (exact) mass is 397 g/mol. The van der Waals surface area contributed by atoms with Gasteiger partial charge in [0.2, 0.25) is 5.91 Å². The van der Waals surface area contributed by atoms with Crippen LogP contribution in [0.5, 0.6) is 0 Å². The number of nitrogens with zero attached hydrogens (tertiary/aromatic N) is 1. The molecule has 166 valence electrons. The molecule has 0 bridgehead atoms. The molecule has 0 aliphatic heterocycles. The van der Waals surface area contributed by atoms with Gasteiger partial charge in [0.05, 0.1) is 6.61 Å². The third-order valence-corrected chi connectivity index (χ3v) is 5.25. The molecular formula is C24H47NO3. The molecule has 1 amide bonds. The molecule has 0 aliphatic carbocycles. The molecule has 0 unspecified atom stereocenters. The van der Waals surface area contributed by atoms with Crippen molar-refractivity contribution in [3.63, 3.8) is 0 Å². The average Bonchev–Trinajstić information content (AvgIpc) is 2.66. The van der Waals surface area contributed by atoms with E-state index >= 15 is 0 Å². The van der Waals surface area contributed by atoms with Gasteiger partial charge >= 0.3 is 5.97 Å². The largest absolute Gasteiger partial charge is 0.464 e. The first kappa shape index (κ1) is 26.9. The van der Waals surface area contributed by atoms with Crippen LogP contribution in [0.4, 0.5) is 0 Å². The molecule has 0 fully saturated rings. The van der Waals surface area contributed by atoms with E-state index in [1.54, 1.807) is 7.05 Å². The Morgan fingerprint density at radius 1 is 0.714 bits per heavy atom. The molecule has 0 atom stereocenters. The molecule has 4 heteroatoms. The number of esters is 1. The topological polar surface area (TPSA) is 46.6 Å². The smallest absolute Gasteiger partial charge is 0.325 e. The Morgan fingerprint density at radius 3 is 1.50 bits per heavy atom. The molecule has 0 aromatic carbocycles. The van der Waals surface area contributed by atoms with Crippen molar-refractivity contribution in [2.75, 3.05) is 20.2 Å². The van der Waals surface area contributed by atoms with Crippen molar-refractivity contribution in [1.29, 1.82) is 0 Å². The van der Waals surface area contributed by atoms with E-state index in [4.69, 9.17) is 4.74 Å². The van der Waals surface area contributed by atoms with Crippen LogP contribution in [-0.4, -0.2) is 37.0 Å². The van der Waals surface area contributed by atoms with Crippen LogP contribution in [0.3, 0.4) is 0 Å².